The predicted molar refractivity (Wildman–Crippen MR) is 103 cm³/mol. The van der Waals surface area contributed by atoms with Crippen molar-refractivity contribution in [2.75, 3.05) is 32.9 Å². The summed E-state index contributed by atoms with van der Waals surface area (Å²) in [5.74, 6) is 0.0685. The smallest absolute Gasteiger partial charge is 0.312 e. The highest BCUT2D eigenvalue weighted by molar-refractivity contribution is 7.89. The van der Waals surface area contributed by atoms with Crippen LogP contribution in [0, 0.1) is 10.1 Å². The van der Waals surface area contributed by atoms with E-state index in [-0.39, 0.29) is 29.4 Å². The lowest BCUT2D eigenvalue weighted by atomic mass is 10.1. The molecule has 0 bridgehead atoms. The van der Waals surface area contributed by atoms with Gasteiger partial charge in [-0.25, -0.2) is 8.42 Å². The van der Waals surface area contributed by atoms with Crippen LogP contribution in [0.2, 0.25) is 0 Å². The Labute approximate surface area is 163 Å². The summed E-state index contributed by atoms with van der Waals surface area (Å²) in [5.41, 5.74) is 0.807. The molecular weight excluding hydrogens is 384 g/mol. The number of nitro groups is 1. The van der Waals surface area contributed by atoms with E-state index in [0.29, 0.717) is 26.2 Å². The van der Waals surface area contributed by atoms with Crippen LogP contribution >= 0.6 is 0 Å². The molecule has 0 spiro atoms. The maximum absolute atomic E-state index is 12.7. The second-order valence-corrected chi connectivity index (χ2v) is 8.28. The molecule has 2 aromatic carbocycles. The molecule has 9 heteroatoms. The predicted octanol–water partition coefficient (Wildman–Crippen LogP) is 2.63. The molecule has 1 aliphatic rings. The molecule has 0 radical (unpaired) electrons. The Morgan fingerprint density at radius 3 is 2.50 bits per heavy atom. The number of rotatable bonds is 8. The highest BCUT2D eigenvalue weighted by atomic mass is 32.2. The van der Waals surface area contributed by atoms with E-state index < -0.39 is 14.9 Å². The molecule has 1 heterocycles. The Balaban J connectivity index is 1.69. The van der Waals surface area contributed by atoms with E-state index in [9.17, 15) is 18.5 Å². The van der Waals surface area contributed by atoms with Crippen molar-refractivity contribution in [2.24, 2.45) is 0 Å². The molecule has 3 rings (SSSR count). The largest absolute Gasteiger partial charge is 0.487 e. The monoisotopic (exact) mass is 406 g/mol. The zero-order chi connectivity index (χ0) is 20.0. The molecule has 0 saturated carbocycles. The number of nitrogens with zero attached hydrogens (tertiary/aromatic N) is 2. The molecule has 1 saturated heterocycles. The van der Waals surface area contributed by atoms with Crippen molar-refractivity contribution in [1.82, 2.24) is 4.31 Å². The summed E-state index contributed by atoms with van der Waals surface area (Å²) >= 11 is 0. The van der Waals surface area contributed by atoms with E-state index in [1.165, 1.54) is 16.4 Å². The van der Waals surface area contributed by atoms with Crippen LogP contribution in [0.4, 0.5) is 5.69 Å². The summed E-state index contributed by atoms with van der Waals surface area (Å²) in [6.45, 7) is 1.38. The normalized spacial score (nSPS) is 15.3. The third kappa shape index (κ3) is 4.86. The summed E-state index contributed by atoms with van der Waals surface area (Å²) in [6.07, 6.45) is 1.48. The molecule has 0 N–H and O–H groups in total. The third-order valence-electron chi connectivity index (χ3n) is 4.45. The van der Waals surface area contributed by atoms with Crippen LogP contribution in [-0.4, -0.2) is 50.6 Å². The minimum atomic E-state index is -3.80. The van der Waals surface area contributed by atoms with Gasteiger partial charge in [0.2, 0.25) is 10.0 Å². The van der Waals surface area contributed by atoms with Gasteiger partial charge < -0.3 is 9.47 Å². The van der Waals surface area contributed by atoms with Crippen LogP contribution in [0.25, 0.3) is 0 Å². The first-order chi connectivity index (χ1) is 13.5. The fraction of sp³-hybridized carbons (Fsp3) is 0.368. The fourth-order valence-corrected chi connectivity index (χ4v) is 4.39. The molecule has 8 nitrogen and oxygen atoms in total. The lowest BCUT2D eigenvalue weighted by Gasteiger charge is -2.26. The van der Waals surface area contributed by atoms with E-state index in [1.54, 1.807) is 0 Å². The molecule has 150 valence electrons. The maximum atomic E-state index is 12.7. The number of sulfonamides is 1. The Bertz CT molecular complexity index is 911. The zero-order valence-electron chi connectivity index (χ0n) is 15.3. The number of benzene rings is 2. The van der Waals surface area contributed by atoms with Crippen LogP contribution < -0.4 is 4.74 Å². The minimum absolute atomic E-state index is 0.0685. The van der Waals surface area contributed by atoms with Crippen molar-refractivity contribution < 1.29 is 22.8 Å². The molecule has 1 fully saturated rings. The Kier molecular flexibility index (Phi) is 6.61. The van der Waals surface area contributed by atoms with Gasteiger partial charge in [0.25, 0.3) is 0 Å². The molecule has 0 amide bonds. The van der Waals surface area contributed by atoms with E-state index in [2.05, 4.69) is 0 Å². The lowest BCUT2D eigenvalue weighted by molar-refractivity contribution is -0.386. The van der Waals surface area contributed by atoms with Crippen molar-refractivity contribution in [2.45, 2.75) is 17.7 Å². The first-order valence-corrected chi connectivity index (χ1v) is 10.5. The van der Waals surface area contributed by atoms with Gasteiger partial charge in [0, 0.05) is 19.2 Å². The van der Waals surface area contributed by atoms with Gasteiger partial charge in [0.1, 0.15) is 0 Å². The second-order valence-electron chi connectivity index (χ2n) is 6.34. The molecule has 0 aromatic heterocycles. The SMILES string of the molecule is O=[N+]([O-])c1cc(S(=O)(=O)N2CCOCC2)ccc1OCCCc1ccccc1. The summed E-state index contributed by atoms with van der Waals surface area (Å²) in [7, 11) is -3.80. The molecular formula is C19H22N2O6S. The quantitative estimate of drug-likeness (QED) is 0.380. The van der Waals surface area contributed by atoms with Crippen molar-refractivity contribution in [1.29, 1.82) is 0 Å². The Morgan fingerprint density at radius 1 is 1.11 bits per heavy atom. The van der Waals surface area contributed by atoms with Gasteiger partial charge in [0.15, 0.2) is 5.75 Å². The van der Waals surface area contributed by atoms with E-state index in [4.69, 9.17) is 9.47 Å². The third-order valence-corrected chi connectivity index (χ3v) is 6.34. The van der Waals surface area contributed by atoms with Crippen LogP contribution in [0.5, 0.6) is 5.75 Å². The molecule has 0 unspecified atom stereocenters. The number of aryl methyl sites for hydroxylation is 1. The van der Waals surface area contributed by atoms with Crippen molar-refractivity contribution >= 4 is 15.7 Å². The summed E-state index contributed by atoms with van der Waals surface area (Å²) < 4.78 is 37.4. The first kappa shape index (κ1) is 20.2. The molecule has 1 aliphatic heterocycles. The van der Waals surface area contributed by atoms with E-state index >= 15 is 0 Å². The molecule has 0 atom stereocenters. The zero-order valence-corrected chi connectivity index (χ0v) is 16.1. The highest BCUT2D eigenvalue weighted by Gasteiger charge is 2.29. The Morgan fingerprint density at radius 2 is 1.82 bits per heavy atom. The topological polar surface area (TPSA) is 99.0 Å². The first-order valence-electron chi connectivity index (χ1n) is 9.01. The number of ether oxygens (including phenoxy) is 2. The number of hydrogen-bond acceptors (Lipinski definition) is 6. The highest BCUT2D eigenvalue weighted by Crippen LogP contribution is 2.31. The second kappa shape index (κ2) is 9.13. The van der Waals surface area contributed by atoms with Crippen LogP contribution in [-0.2, 0) is 21.2 Å². The lowest BCUT2D eigenvalue weighted by Crippen LogP contribution is -2.40. The standard InChI is InChI=1S/C19H22N2O6S/c22-21(23)18-15-17(28(24,25)20-10-13-26-14-11-20)8-9-19(18)27-12-4-7-16-5-2-1-3-6-16/h1-3,5-6,8-9,15H,4,7,10-14H2. The van der Waals surface area contributed by atoms with Gasteiger partial charge in [-0.2, -0.15) is 4.31 Å². The van der Waals surface area contributed by atoms with Crippen LogP contribution in [0.15, 0.2) is 53.4 Å². The van der Waals surface area contributed by atoms with Gasteiger partial charge in [0.05, 0.1) is 29.6 Å². The summed E-state index contributed by atoms with van der Waals surface area (Å²) in [5, 5.41) is 11.4. The molecule has 2 aromatic rings. The average Bonchev–Trinajstić information content (AvgIpc) is 2.72. The van der Waals surface area contributed by atoms with Gasteiger partial charge >= 0.3 is 5.69 Å². The minimum Gasteiger partial charge on any atom is -0.487 e. The average molecular weight is 406 g/mol. The summed E-state index contributed by atoms with van der Waals surface area (Å²) in [6, 6.07) is 13.6. The van der Waals surface area contributed by atoms with Gasteiger partial charge in [-0.15, -0.1) is 0 Å². The summed E-state index contributed by atoms with van der Waals surface area (Å²) in [4.78, 5) is 10.7. The maximum Gasteiger partial charge on any atom is 0.312 e. The Hall–Kier alpha value is -2.49. The van der Waals surface area contributed by atoms with Gasteiger partial charge in [-0.1, -0.05) is 30.3 Å². The van der Waals surface area contributed by atoms with Gasteiger partial charge in [-0.3, -0.25) is 10.1 Å². The number of morpholine rings is 1. The van der Waals surface area contributed by atoms with Crippen molar-refractivity contribution in [3.05, 3.63) is 64.2 Å². The van der Waals surface area contributed by atoms with Crippen LogP contribution in [0.1, 0.15) is 12.0 Å². The van der Waals surface area contributed by atoms with Crippen molar-refractivity contribution in [3.8, 4) is 5.75 Å². The van der Waals surface area contributed by atoms with Crippen molar-refractivity contribution in [3.63, 3.8) is 0 Å². The number of hydrogen-bond donors (Lipinski definition) is 0. The molecule has 28 heavy (non-hydrogen) atoms. The number of nitro benzene ring substituents is 1. The van der Waals surface area contributed by atoms with Gasteiger partial charge in [-0.05, 0) is 30.5 Å². The fourth-order valence-electron chi connectivity index (χ4n) is 2.96. The van der Waals surface area contributed by atoms with E-state index in [0.717, 1.165) is 18.1 Å². The molecule has 0 aliphatic carbocycles. The van der Waals surface area contributed by atoms with Crippen LogP contribution in [0.3, 0.4) is 0 Å². The van der Waals surface area contributed by atoms with E-state index in [1.807, 2.05) is 30.3 Å².